The standard InChI is InChI=1S/2C3H7.2CH4.Y/c2*1-3-2;;;/h2*1,3H2,2H3;2*1H4;/q2*-1;;;. The normalized spacial score (nSPS) is 4.00. The Hall–Kier alpha value is 1.10. The van der Waals surface area contributed by atoms with Gasteiger partial charge in [0.25, 0.3) is 0 Å². The summed E-state index contributed by atoms with van der Waals surface area (Å²) in [6.45, 7) is 11.0. The van der Waals surface area contributed by atoms with Gasteiger partial charge in [-0.2, -0.15) is 12.8 Å². The fourth-order valence-electron chi connectivity index (χ4n) is 0. The third kappa shape index (κ3) is 377. The quantitative estimate of drug-likeness (QED) is 0.531. The molecule has 0 N–H and O–H groups in total. The molecule has 0 spiro atoms. The van der Waals surface area contributed by atoms with Crippen LogP contribution in [-0.4, -0.2) is 0 Å². The topological polar surface area (TPSA) is 0 Å². The Kier molecular flexibility index (Phi) is 222. The first-order chi connectivity index (χ1) is 2.83. The minimum atomic E-state index is 0. The molecule has 0 fully saturated rings. The largest absolute Gasteiger partial charge is 0.344 e. The van der Waals surface area contributed by atoms with E-state index in [-0.39, 0.29) is 47.6 Å². The van der Waals surface area contributed by atoms with Crippen LogP contribution in [0.4, 0.5) is 0 Å². The van der Waals surface area contributed by atoms with E-state index in [0.717, 1.165) is 12.8 Å². The van der Waals surface area contributed by atoms with Crippen molar-refractivity contribution in [3.8, 4) is 0 Å². The average molecular weight is 207 g/mol. The van der Waals surface area contributed by atoms with Crippen LogP contribution in [0.3, 0.4) is 0 Å². The molecule has 0 saturated carbocycles. The van der Waals surface area contributed by atoms with E-state index in [1.54, 1.807) is 0 Å². The minimum absolute atomic E-state index is 0. The van der Waals surface area contributed by atoms with Gasteiger partial charge in [-0.3, -0.25) is 0 Å². The van der Waals surface area contributed by atoms with Crippen molar-refractivity contribution in [3.63, 3.8) is 0 Å². The van der Waals surface area contributed by atoms with Crippen molar-refractivity contribution in [2.24, 2.45) is 0 Å². The van der Waals surface area contributed by atoms with Crippen LogP contribution in [0.5, 0.6) is 0 Å². The van der Waals surface area contributed by atoms with Crippen molar-refractivity contribution in [1.82, 2.24) is 0 Å². The molecule has 0 bridgehead atoms. The summed E-state index contributed by atoms with van der Waals surface area (Å²) in [6.07, 6.45) is 2.00. The first-order valence-corrected chi connectivity index (χ1v) is 2.41. The molecular weight excluding hydrogens is 185 g/mol. The van der Waals surface area contributed by atoms with E-state index in [1.165, 1.54) is 0 Å². The first kappa shape index (κ1) is 32.1. The molecule has 1 heteroatoms. The Labute approximate surface area is 87.7 Å². The Balaban J connectivity index is -0.00000000889. The van der Waals surface area contributed by atoms with Gasteiger partial charge in [0.05, 0.1) is 0 Å². The van der Waals surface area contributed by atoms with Crippen LogP contribution in [0.15, 0.2) is 0 Å². The van der Waals surface area contributed by atoms with E-state index in [9.17, 15) is 0 Å². The molecule has 0 atom stereocenters. The van der Waals surface area contributed by atoms with Crippen molar-refractivity contribution < 1.29 is 32.7 Å². The van der Waals surface area contributed by atoms with Crippen LogP contribution in [0.2, 0.25) is 0 Å². The molecule has 0 saturated heterocycles. The predicted octanol–water partition coefficient (Wildman–Crippen LogP) is 3.73. The van der Waals surface area contributed by atoms with Crippen LogP contribution in [0, 0.1) is 13.8 Å². The summed E-state index contributed by atoms with van der Waals surface area (Å²) in [5.41, 5.74) is 0. The van der Waals surface area contributed by atoms with Gasteiger partial charge in [-0.1, -0.05) is 28.7 Å². The maximum absolute atomic E-state index is 3.49. The molecule has 0 aliphatic rings. The Morgan fingerprint density at radius 3 is 0.889 bits per heavy atom. The van der Waals surface area contributed by atoms with E-state index >= 15 is 0 Å². The summed E-state index contributed by atoms with van der Waals surface area (Å²) >= 11 is 0. The van der Waals surface area contributed by atoms with Crippen LogP contribution in [0.25, 0.3) is 0 Å². The second-order valence-corrected chi connectivity index (χ2v) is 1.000. The molecular formula is C8H22Y-2. The summed E-state index contributed by atoms with van der Waals surface area (Å²) in [5.74, 6) is 0. The van der Waals surface area contributed by atoms with Gasteiger partial charge >= 0.3 is 0 Å². The molecule has 0 aliphatic heterocycles. The monoisotopic (exact) mass is 207 g/mol. The van der Waals surface area contributed by atoms with Gasteiger partial charge in [0.15, 0.2) is 0 Å². The summed E-state index contributed by atoms with van der Waals surface area (Å²) in [4.78, 5) is 0. The minimum Gasteiger partial charge on any atom is -0.344 e. The van der Waals surface area contributed by atoms with Gasteiger partial charge in [0.2, 0.25) is 0 Å². The van der Waals surface area contributed by atoms with Crippen LogP contribution in [-0.2, 0) is 32.7 Å². The van der Waals surface area contributed by atoms with Crippen LogP contribution >= 0.6 is 0 Å². The van der Waals surface area contributed by atoms with Crippen molar-refractivity contribution >= 4 is 0 Å². The second-order valence-electron chi connectivity index (χ2n) is 1.000. The molecule has 0 aromatic heterocycles. The molecule has 0 unspecified atom stereocenters. The molecule has 0 heterocycles. The van der Waals surface area contributed by atoms with Crippen molar-refractivity contribution in [2.45, 2.75) is 41.5 Å². The third-order valence-electron chi connectivity index (χ3n) is 0. The first-order valence-electron chi connectivity index (χ1n) is 2.41. The molecule has 9 heavy (non-hydrogen) atoms. The van der Waals surface area contributed by atoms with Crippen molar-refractivity contribution in [1.29, 1.82) is 0 Å². The summed E-state index contributed by atoms with van der Waals surface area (Å²) in [5, 5.41) is 0. The molecule has 1 radical (unpaired) electrons. The predicted molar refractivity (Wildman–Crippen MR) is 44.8 cm³/mol. The number of hydrogen-bond acceptors (Lipinski definition) is 0. The Morgan fingerprint density at radius 2 is 0.889 bits per heavy atom. The van der Waals surface area contributed by atoms with Gasteiger partial charge < -0.3 is 13.8 Å². The zero-order valence-electron chi connectivity index (χ0n) is 5.41. The summed E-state index contributed by atoms with van der Waals surface area (Å²) in [6, 6.07) is 0. The molecule has 0 aromatic carbocycles. The molecule has 0 rings (SSSR count). The zero-order valence-corrected chi connectivity index (χ0v) is 8.24. The van der Waals surface area contributed by atoms with Crippen LogP contribution in [0.1, 0.15) is 41.5 Å². The summed E-state index contributed by atoms with van der Waals surface area (Å²) in [7, 11) is 0. The van der Waals surface area contributed by atoms with Gasteiger partial charge in [0, 0.05) is 32.7 Å². The molecule has 0 nitrogen and oxygen atoms in total. The summed E-state index contributed by atoms with van der Waals surface area (Å²) < 4.78 is 0. The zero-order chi connectivity index (χ0) is 5.41. The van der Waals surface area contributed by atoms with Gasteiger partial charge in [-0.25, -0.2) is 0 Å². The maximum atomic E-state index is 3.49. The second kappa shape index (κ2) is 62.1. The van der Waals surface area contributed by atoms with Gasteiger partial charge in [-0.15, -0.1) is 0 Å². The van der Waals surface area contributed by atoms with E-state index in [1.807, 2.05) is 13.8 Å². The molecule has 0 aliphatic carbocycles. The van der Waals surface area contributed by atoms with Crippen molar-refractivity contribution in [3.05, 3.63) is 13.8 Å². The smallest absolute Gasteiger partial charge is 0 e. The molecule has 0 amide bonds. The van der Waals surface area contributed by atoms with E-state index in [4.69, 9.17) is 0 Å². The maximum Gasteiger partial charge on any atom is 0 e. The Bertz CT molecular complexity index is 6.53. The molecule has 0 aromatic rings. The fourth-order valence-corrected chi connectivity index (χ4v) is 0. The van der Waals surface area contributed by atoms with E-state index in [0.29, 0.717) is 0 Å². The number of hydrogen-bond donors (Lipinski definition) is 0. The van der Waals surface area contributed by atoms with E-state index < -0.39 is 0 Å². The van der Waals surface area contributed by atoms with Crippen molar-refractivity contribution in [2.75, 3.05) is 0 Å². The Morgan fingerprint density at radius 1 is 0.889 bits per heavy atom. The average Bonchev–Trinajstić information content (AvgIpc) is 1.39. The van der Waals surface area contributed by atoms with Crippen LogP contribution < -0.4 is 0 Å². The van der Waals surface area contributed by atoms with Gasteiger partial charge in [-0.05, 0) is 0 Å². The van der Waals surface area contributed by atoms with Gasteiger partial charge in [0.1, 0.15) is 0 Å². The number of rotatable bonds is 0. The van der Waals surface area contributed by atoms with E-state index in [2.05, 4.69) is 13.8 Å². The SMILES string of the molecule is C.C.[CH2-]CC.[CH2-]CC.[Y]. The fraction of sp³-hybridized carbons (Fsp3) is 0.750. The third-order valence-corrected chi connectivity index (χ3v) is 0. The molecule has 59 valence electrons.